The van der Waals surface area contributed by atoms with Crippen molar-refractivity contribution < 1.29 is 8.42 Å². The van der Waals surface area contributed by atoms with Crippen molar-refractivity contribution in [3.8, 4) is 0 Å². The van der Waals surface area contributed by atoms with Crippen LogP contribution in [0.2, 0.25) is 0 Å². The Labute approximate surface area is 99.7 Å². The maximum absolute atomic E-state index is 11.3. The molecule has 4 N–H and O–H groups in total. The van der Waals surface area contributed by atoms with Crippen LogP contribution in [0.5, 0.6) is 0 Å². The van der Waals surface area contributed by atoms with Crippen molar-refractivity contribution in [1.29, 1.82) is 0 Å². The van der Waals surface area contributed by atoms with E-state index in [0.717, 1.165) is 0 Å². The van der Waals surface area contributed by atoms with Gasteiger partial charge in [0.15, 0.2) is 15.7 Å². The van der Waals surface area contributed by atoms with Crippen molar-refractivity contribution in [2.45, 2.75) is 6.42 Å². The summed E-state index contributed by atoms with van der Waals surface area (Å²) < 4.78 is 22.5. The zero-order valence-electron chi connectivity index (χ0n) is 9.26. The zero-order valence-corrected chi connectivity index (χ0v) is 10.1. The van der Waals surface area contributed by atoms with Crippen LogP contribution < -0.4 is 16.6 Å². The van der Waals surface area contributed by atoms with Crippen LogP contribution >= 0.6 is 0 Å². The van der Waals surface area contributed by atoms with Gasteiger partial charge in [-0.25, -0.2) is 19.2 Å². The first-order chi connectivity index (χ1) is 8.09. The summed E-state index contributed by atoms with van der Waals surface area (Å²) in [7, 11) is -2.82. The minimum atomic E-state index is -2.82. The van der Waals surface area contributed by atoms with E-state index in [1.54, 1.807) is 6.20 Å². The maximum Gasteiger partial charge on any atom is 0.160 e. The Morgan fingerprint density at radius 3 is 2.82 bits per heavy atom. The number of nitrogens with one attached hydrogen (secondary N) is 2. The normalized spacial score (nSPS) is 22.3. The largest absolute Gasteiger partial charge is 0.368 e. The van der Waals surface area contributed by atoms with Crippen molar-refractivity contribution in [3.63, 3.8) is 0 Å². The van der Waals surface area contributed by atoms with Crippen LogP contribution in [-0.4, -0.2) is 36.4 Å². The quantitative estimate of drug-likeness (QED) is 0.497. The summed E-state index contributed by atoms with van der Waals surface area (Å²) >= 11 is 0. The van der Waals surface area contributed by atoms with Gasteiger partial charge in [0, 0.05) is 6.54 Å². The summed E-state index contributed by atoms with van der Waals surface area (Å²) in [5.41, 5.74) is 2.40. The smallest absolute Gasteiger partial charge is 0.160 e. The number of nitrogens with zero attached hydrogens (tertiary/aromatic N) is 2. The van der Waals surface area contributed by atoms with Crippen molar-refractivity contribution in [1.82, 2.24) is 9.97 Å². The molecule has 0 radical (unpaired) electrons. The average Bonchev–Trinajstić information content (AvgIpc) is 2.67. The summed E-state index contributed by atoms with van der Waals surface area (Å²) in [6, 6.07) is 0. The first-order valence-corrected chi connectivity index (χ1v) is 7.14. The van der Waals surface area contributed by atoms with Crippen molar-refractivity contribution in [3.05, 3.63) is 12.4 Å². The number of rotatable bonds is 4. The van der Waals surface area contributed by atoms with Gasteiger partial charge in [-0.15, -0.1) is 0 Å². The molecule has 0 aromatic carbocycles. The molecule has 0 saturated carbocycles. The van der Waals surface area contributed by atoms with Crippen molar-refractivity contribution in [2.75, 3.05) is 28.8 Å². The first kappa shape index (κ1) is 12.1. The third-order valence-electron chi connectivity index (χ3n) is 2.68. The molecule has 0 spiro atoms. The first-order valence-electron chi connectivity index (χ1n) is 5.32. The Morgan fingerprint density at radius 1 is 1.41 bits per heavy atom. The Hall–Kier alpha value is -1.41. The highest BCUT2D eigenvalue weighted by Crippen LogP contribution is 2.18. The molecule has 1 atom stereocenters. The Kier molecular flexibility index (Phi) is 3.43. The van der Waals surface area contributed by atoms with Crippen LogP contribution in [0, 0.1) is 5.92 Å². The molecule has 2 heterocycles. The van der Waals surface area contributed by atoms with E-state index < -0.39 is 9.84 Å². The van der Waals surface area contributed by atoms with Gasteiger partial charge in [0.25, 0.3) is 0 Å². The van der Waals surface area contributed by atoms with Crippen molar-refractivity contribution >= 4 is 21.5 Å². The van der Waals surface area contributed by atoms with Crippen LogP contribution in [-0.2, 0) is 9.84 Å². The zero-order chi connectivity index (χ0) is 12.3. The molecule has 1 fully saturated rings. The lowest BCUT2D eigenvalue weighted by Crippen LogP contribution is -2.17. The van der Waals surface area contributed by atoms with Crippen LogP contribution in [0.15, 0.2) is 12.4 Å². The second-order valence-electron chi connectivity index (χ2n) is 4.08. The number of nitrogens with two attached hydrogens (primary N) is 1. The van der Waals surface area contributed by atoms with Gasteiger partial charge in [0.2, 0.25) is 0 Å². The van der Waals surface area contributed by atoms with Gasteiger partial charge in [-0.2, -0.15) is 0 Å². The second kappa shape index (κ2) is 4.84. The van der Waals surface area contributed by atoms with Gasteiger partial charge in [0.1, 0.15) is 5.82 Å². The number of aromatic nitrogens is 2. The molecule has 2 rings (SSSR count). The molecule has 1 aliphatic heterocycles. The SMILES string of the molecule is NNc1cncc(NCC2CCS(=O)(=O)C2)n1. The predicted molar refractivity (Wildman–Crippen MR) is 65.1 cm³/mol. The molecular weight excluding hydrogens is 242 g/mol. The maximum atomic E-state index is 11.3. The minimum absolute atomic E-state index is 0.149. The van der Waals surface area contributed by atoms with E-state index in [-0.39, 0.29) is 17.4 Å². The third-order valence-corrected chi connectivity index (χ3v) is 4.52. The number of sulfone groups is 1. The monoisotopic (exact) mass is 257 g/mol. The lowest BCUT2D eigenvalue weighted by Gasteiger charge is -2.10. The number of hydrazine groups is 1. The van der Waals surface area contributed by atoms with Crippen molar-refractivity contribution in [2.24, 2.45) is 11.8 Å². The van der Waals surface area contributed by atoms with Crippen LogP contribution in [0.3, 0.4) is 0 Å². The van der Waals surface area contributed by atoms with Gasteiger partial charge in [-0.05, 0) is 12.3 Å². The molecule has 8 heteroatoms. The fraction of sp³-hybridized carbons (Fsp3) is 0.556. The summed E-state index contributed by atoms with van der Waals surface area (Å²) in [5, 5.41) is 3.07. The molecule has 0 aliphatic carbocycles. The molecule has 0 bridgehead atoms. The highest BCUT2D eigenvalue weighted by molar-refractivity contribution is 7.91. The average molecular weight is 257 g/mol. The van der Waals surface area contributed by atoms with Crippen LogP contribution in [0.1, 0.15) is 6.42 Å². The number of hydrogen-bond donors (Lipinski definition) is 3. The number of anilines is 2. The molecule has 1 aromatic rings. The van der Waals surface area contributed by atoms with Gasteiger partial charge in [-0.3, -0.25) is 4.98 Å². The van der Waals surface area contributed by atoms with E-state index in [0.29, 0.717) is 24.6 Å². The van der Waals surface area contributed by atoms with Crippen LogP contribution in [0.25, 0.3) is 0 Å². The van der Waals surface area contributed by atoms with E-state index in [4.69, 9.17) is 5.84 Å². The Morgan fingerprint density at radius 2 is 2.18 bits per heavy atom. The lowest BCUT2D eigenvalue weighted by molar-refractivity contribution is 0.595. The molecule has 7 nitrogen and oxygen atoms in total. The number of nitrogen functional groups attached to an aromatic ring is 1. The second-order valence-corrected chi connectivity index (χ2v) is 6.31. The minimum Gasteiger partial charge on any atom is -0.368 e. The Bertz CT molecular complexity index is 490. The van der Waals surface area contributed by atoms with E-state index in [2.05, 4.69) is 20.7 Å². The van der Waals surface area contributed by atoms with Gasteiger partial charge in [0.05, 0.1) is 23.9 Å². The fourth-order valence-corrected chi connectivity index (χ4v) is 3.66. The van der Waals surface area contributed by atoms with Crippen LogP contribution in [0.4, 0.5) is 11.6 Å². The molecule has 0 amide bonds. The molecular formula is C9H15N5O2S. The third kappa shape index (κ3) is 3.27. The Balaban J connectivity index is 1.90. The molecule has 17 heavy (non-hydrogen) atoms. The van der Waals surface area contributed by atoms with Gasteiger partial charge >= 0.3 is 0 Å². The predicted octanol–water partition coefficient (Wildman–Crippen LogP) is -0.391. The van der Waals surface area contributed by atoms with E-state index in [1.165, 1.54) is 6.20 Å². The molecule has 1 saturated heterocycles. The lowest BCUT2D eigenvalue weighted by atomic mass is 10.1. The highest BCUT2D eigenvalue weighted by atomic mass is 32.2. The highest BCUT2D eigenvalue weighted by Gasteiger charge is 2.27. The van der Waals surface area contributed by atoms with Gasteiger partial charge in [-0.1, -0.05) is 0 Å². The topological polar surface area (TPSA) is 110 Å². The standard InChI is InChI=1S/C9H15N5O2S/c10-14-9-5-11-4-8(13-9)12-3-7-1-2-17(15,16)6-7/h4-5,7H,1-3,6,10H2,(H2,12,13,14). The molecule has 1 aromatic heterocycles. The fourth-order valence-electron chi connectivity index (χ4n) is 1.80. The summed E-state index contributed by atoms with van der Waals surface area (Å²) in [5.74, 6) is 6.96. The number of hydrogen-bond acceptors (Lipinski definition) is 7. The molecule has 94 valence electrons. The summed E-state index contributed by atoms with van der Waals surface area (Å²) in [6.07, 6.45) is 3.78. The molecule has 1 aliphatic rings. The summed E-state index contributed by atoms with van der Waals surface area (Å²) in [6.45, 7) is 0.585. The van der Waals surface area contributed by atoms with E-state index in [1.807, 2.05) is 0 Å². The van der Waals surface area contributed by atoms with E-state index >= 15 is 0 Å². The molecule has 1 unspecified atom stereocenters. The van der Waals surface area contributed by atoms with E-state index in [9.17, 15) is 8.42 Å². The van der Waals surface area contributed by atoms with Gasteiger partial charge < -0.3 is 10.7 Å². The summed E-state index contributed by atoms with van der Waals surface area (Å²) in [4.78, 5) is 8.07.